The van der Waals surface area contributed by atoms with Crippen molar-refractivity contribution < 1.29 is 19.3 Å². The van der Waals surface area contributed by atoms with Crippen LogP contribution in [0.1, 0.15) is 12.8 Å². The van der Waals surface area contributed by atoms with Gasteiger partial charge in [0.05, 0.1) is 6.10 Å². The summed E-state index contributed by atoms with van der Waals surface area (Å²) >= 11 is 0. The molecule has 86 valence electrons. The number of rotatable bonds is 1. The van der Waals surface area contributed by atoms with Crippen LogP contribution in [-0.2, 0) is 14.2 Å². The molecule has 3 rings (SSSR count). The van der Waals surface area contributed by atoms with E-state index < -0.39 is 6.48 Å². The van der Waals surface area contributed by atoms with Crippen LogP contribution in [-0.4, -0.2) is 61.0 Å². The van der Waals surface area contributed by atoms with Gasteiger partial charge >= 0.3 is 0 Å². The number of aliphatic hydroxyl groups is 1. The summed E-state index contributed by atoms with van der Waals surface area (Å²) in [5.41, 5.74) is 0. The Bertz CT molecular complexity index is 240. The second-order valence-corrected chi connectivity index (χ2v) is 4.65. The average Bonchev–Trinajstić information content (AvgIpc) is 2.69. The van der Waals surface area contributed by atoms with Gasteiger partial charge in [0.2, 0.25) is 0 Å². The van der Waals surface area contributed by atoms with E-state index >= 15 is 0 Å². The Morgan fingerprint density at radius 1 is 1.20 bits per heavy atom. The van der Waals surface area contributed by atoms with E-state index in [9.17, 15) is 5.11 Å². The lowest BCUT2D eigenvalue weighted by atomic mass is 10.0. The van der Waals surface area contributed by atoms with Crippen LogP contribution in [0.3, 0.4) is 0 Å². The zero-order chi connectivity index (χ0) is 10.6. The van der Waals surface area contributed by atoms with E-state index in [-0.39, 0.29) is 30.4 Å². The van der Waals surface area contributed by atoms with E-state index in [0.717, 1.165) is 12.8 Å². The van der Waals surface area contributed by atoms with Gasteiger partial charge in [-0.05, 0) is 19.9 Å². The van der Waals surface area contributed by atoms with Gasteiger partial charge in [0.15, 0.2) is 0 Å². The Balaban J connectivity index is 1.82. The molecule has 0 amide bonds. The number of fused-ring (bicyclic) bond motifs is 5. The number of piperidine rings is 1. The third-order valence-corrected chi connectivity index (χ3v) is 3.88. The number of hydrogen-bond donors (Lipinski definition) is 1. The predicted molar refractivity (Wildman–Crippen MR) is 51.1 cm³/mol. The molecule has 0 radical (unpaired) electrons. The summed E-state index contributed by atoms with van der Waals surface area (Å²) in [5.74, 6) is 0. The molecule has 3 fully saturated rings. The van der Waals surface area contributed by atoms with Crippen molar-refractivity contribution in [1.82, 2.24) is 4.90 Å². The first-order valence-electron chi connectivity index (χ1n) is 5.44. The molecule has 0 aromatic rings. The quantitative estimate of drug-likeness (QED) is 0.641. The smallest absolute Gasteiger partial charge is 0.272 e. The monoisotopic (exact) mass is 215 g/mol. The number of likely N-dealkylation sites (N-methyl/N-ethyl adjacent to an activating group) is 1. The first-order valence-corrected chi connectivity index (χ1v) is 5.44. The van der Waals surface area contributed by atoms with E-state index in [1.165, 1.54) is 0 Å². The average molecular weight is 215 g/mol. The van der Waals surface area contributed by atoms with Gasteiger partial charge in [-0.2, -0.15) is 0 Å². The minimum atomic E-state index is -0.519. The first kappa shape index (κ1) is 9.99. The van der Waals surface area contributed by atoms with Gasteiger partial charge in [0.1, 0.15) is 12.2 Å². The van der Waals surface area contributed by atoms with E-state index in [1.54, 1.807) is 7.11 Å². The summed E-state index contributed by atoms with van der Waals surface area (Å²) in [6.45, 7) is -0.519. The molecule has 3 saturated heterocycles. The van der Waals surface area contributed by atoms with Crippen LogP contribution in [0, 0.1) is 0 Å². The Morgan fingerprint density at radius 2 is 1.73 bits per heavy atom. The van der Waals surface area contributed by atoms with Gasteiger partial charge in [-0.15, -0.1) is 0 Å². The van der Waals surface area contributed by atoms with Crippen LogP contribution in [0.2, 0.25) is 0 Å². The zero-order valence-corrected chi connectivity index (χ0v) is 9.00. The first-order chi connectivity index (χ1) is 7.20. The van der Waals surface area contributed by atoms with Crippen molar-refractivity contribution in [1.29, 1.82) is 0 Å². The Kier molecular flexibility index (Phi) is 2.26. The normalized spacial score (nSPS) is 54.6. The molecule has 0 aliphatic carbocycles. The Morgan fingerprint density at radius 3 is 2.20 bits per heavy atom. The Hall–Kier alpha value is -0.200. The fourth-order valence-electron chi connectivity index (χ4n) is 3.14. The summed E-state index contributed by atoms with van der Waals surface area (Å²) in [7, 11) is 3.66. The molecule has 4 atom stereocenters. The maximum Gasteiger partial charge on any atom is 0.272 e. The maximum absolute atomic E-state index is 9.72. The number of aliphatic hydroxyl groups excluding tert-OH is 1. The third kappa shape index (κ3) is 1.34. The topological polar surface area (TPSA) is 51.2 Å². The number of methoxy groups -OCH3 is 1. The highest BCUT2D eigenvalue weighted by molar-refractivity contribution is 5.07. The van der Waals surface area contributed by atoms with Crippen LogP contribution < -0.4 is 0 Å². The zero-order valence-electron chi connectivity index (χ0n) is 9.00. The molecule has 2 bridgehead atoms. The van der Waals surface area contributed by atoms with Crippen LogP contribution in [0.4, 0.5) is 0 Å². The molecule has 15 heavy (non-hydrogen) atoms. The van der Waals surface area contributed by atoms with Crippen molar-refractivity contribution in [3.63, 3.8) is 0 Å². The lowest BCUT2D eigenvalue weighted by Gasteiger charge is -2.35. The highest BCUT2D eigenvalue weighted by atomic mass is 16.9. The van der Waals surface area contributed by atoms with Crippen molar-refractivity contribution in [2.45, 2.75) is 49.7 Å². The molecular weight excluding hydrogens is 198 g/mol. The number of ether oxygens (including phenoxy) is 3. The van der Waals surface area contributed by atoms with Crippen molar-refractivity contribution >= 4 is 0 Å². The van der Waals surface area contributed by atoms with Crippen molar-refractivity contribution in [2.24, 2.45) is 0 Å². The fraction of sp³-hybridized carbons (Fsp3) is 1.00. The Labute approximate surface area is 88.9 Å². The molecule has 0 aromatic carbocycles. The molecule has 3 aliphatic rings. The van der Waals surface area contributed by atoms with Gasteiger partial charge in [0.25, 0.3) is 6.48 Å². The van der Waals surface area contributed by atoms with E-state index in [1.807, 2.05) is 0 Å². The minimum Gasteiger partial charge on any atom is -0.393 e. The van der Waals surface area contributed by atoms with E-state index in [0.29, 0.717) is 0 Å². The molecule has 0 spiro atoms. The lowest BCUT2D eigenvalue weighted by Crippen LogP contribution is -2.46. The molecule has 4 unspecified atom stereocenters. The van der Waals surface area contributed by atoms with Gasteiger partial charge in [0, 0.05) is 19.2 Å². The minimum absolute atomic E-state index is 0.0575. The van der Waals surface area contributed by atoms with Crippen molar-refractivity contribution in [3.05, 3.63) is 0 Å². The standard InChI is InChI=1S/C10H17NO4/c1-11-6-3-5(12)4-7(11)9-8(6)14-10(13-2)15-9/h5-10,12H,3-4H2,1-2H3. The predicted octanol–water partition coefficient (Wildman–Crippen LogP) is -0.462. The van der Waals surface area contributed by atoms with Crippen LogP contribution in [0.15, 0.2) is 0 Å². The van der Waals surface area contributed by atoms with Gasteiger partial charge in [-0.25, -0.2) is 0 Å². The highest BCUT2D eigenvalue weighted by Crippen LogP contribution is 2.42. The molecule has 3 heterocycles. The molecule has 0 saturated carbocycles. The molecule has 3 aliphatic heterocycles. The highest BCUT2D eigenvalue weighted by Gasteiger charge is 2.57. The molecule has 5 nitrogen and oxygen atoms in total. The van der Waals surface area contributed by atoms with Crippen molar-refractivity contribution in [2.75, 3.05) is 14.2 Å². The second-order valence-electron chi connectivity index (χ2n) is 4.65. The molecule has 1 N–H and O–H groups in total. The number of hydrogen-bond acceptors (Lipinski definition) is 5. The number of nitrogens with zero attached hydrogens (tertiary/aromatic N) is 1. The van der Waals surface area contributed by atoms with Gasteiger partial charge in [-0.3, -0.25) is 4.90 Å². The molecule has 0 aromatic heterocycles. The van der Waals surface area contributed by atoms with Crippen molar-refractivity contribution in [3.8, 4) is 0 Å². The van der Waals surface area contributed by atoms with Crippen LogP contribution in [0.5, 0.6) is 0 Å². The SMILES string of the molecule is COC1OC2C(O1)C1CC(O)CC2N1C. The van der Waals surface area contributed by atoms with Gasteiger partial charge < -0.3 is 19.3 Å². The maximum atomic E-state index is 9.72. The van der Waals surface area contributed by atoms with Gasteiger partial charge in [-0.1, -0.05) is 0 Å². The summed E-state index contributed by atoms with van der Waals surface area (Å²) < 4.78 is 16.4. The second kappa shape index (κ2) is 3.40. The van der Waals surface area contributed by atoms with E-state index in [2.05, 4.69) is 11.9 Å². The molecule has 5 heteroatoms. The van der Waals surface area contributed by atoms with Crippen LogP contribution in [0.25, 0.3) is 0 Å². The summed E-state index contributed by atoms with van der Waals surface area (Å²) in [6.07, 6.45) is 1.45. The summed E-state index contributed by atoms with van der Waals surface area (Å²) in [4.78, 5) is 2.27. The van der Waals surface area contributed by atoms with Crippen LogP contribution >= 0.6 is 0 Å². The lowest BCUT2D eigenvalue weighted by molar-refractivity contribution is -0.243. The summed E-state index contributed by atoms with van der Waals surface area (Å²) in [6, 6.07) is 0.535. The summed E-state index contributed by atoms with van der Waals surface area (Å²) in [5, 5.41) is 9.72. The largest absolute Gasteiger partial charge is 0.393 e. The molecular formula is C10H17NO4. The van der Waals surface area contributed by atoms with E-state index in [4.69, 9.17) is 14.2 Å². The fourth-order valence-corrected chi connectivity index (χ4v) is 3.14. The third-order valence-electron chi connectivity index (χ3n) is 3.88.